The number of hydrogen-bond donors (Lipinski definition) is 0. The Morgan fingerprint density at radius 1 is 1.88 bits per heavy atom. The van der Waals surface area contributed by atoms with Gasteiger partial charge in [0.15, 0.2) is 11.1 Å². The summed E-state index contributed by atoms with van der Waals surface area (Å²) >= 11 is -1.06. The van der Waals surface area contributed by atoms with Gasteiger partial charge in [-0.3, -0.25) is 4.18 Å². The van der Waals surface area contributed by atoms with Gasteiger partial charge in [0.25, 0.3) is 0 Å². The van der Waals surface area contributed by atoms with Crippen molar-refractivity contribution in [3.63, 3.8) is 0 Å². The third kappa shape index (κ3) is 1.42. The summed E-state index contributed by atoms with van der Waals surface area (Å²) < 4.78 is 15.4. The maximum Gasteiger partial charge on any atom is 0.159 e. The molecule has 2 atom stereocenters. The molecule has 1 heterocycles. The van der Waals surface area contributed by atoms with E-state index in [-0.39, 0.29) is 6.10 Å². The first-order valence-corrected chi connectivity index (χ1v) is 3.75. The highest BCUT2D eigenvalue weighted by molar-refractivity contribution is 7.80. The molecular formula is C5H8O2S. The van der Waals surface area contributed by atoms with Crippen molar-refractivity contribution in [2.75, 3.05) is 5.75 Å². The van der Waals surface area contributed by atoms with Crippen LogP contribution in [-0.4, -0.2) is 16.1 Å². The third-order valence-corrected chi connectivity index (χ3v) is 1.88. The second kappa shape index (κ2) is 2.42. The lowest BCUT2D eigenvalue weighted by atomic mass is 10.4. The summed E-state index contributed by atoms with van der Waals surface area (Å²) in [4.78, 5) is 0. The molecule has 1 unspecified atom stereocenters. The Hall–Kier alpha value is -0.150. The van der Waals surface area contributed by atoms with Crippen LogP contribution in [0.4, 0.5) is 0 Å². The van der Waals surface area contributed by atoms with E-state index in [1.54, 1.807) is 0 Å². The molecule has 3 heteroatoms. The van der Waals surface area contributed by atoms with Gasteiger partial charge in [-0.2, -0.15) is 0 Å². The molecule has 1 aliphatic heterocycles. The third-order valence-electron chi connectivity index (χ3n) is 0.899. The standard InChI is InChI=1S/C5H8O2S/c1-5-3-2-4-8(6)7-5/h2-3,5H,4H2,1H3/t5-,8?/m1/s1. The van der Waals surface area contributed by atoms with Gasteiger partial charge in [-0.1, -0.05) is 12.2 Å². The van der Waals surface area contributed by atoms with Crippen molar-refractivity contribution in [2.45, 2.75) is 13.0 Å². The fourth-order valence-electron chi connectivity index (χ4n) is 0.566. The molecule has 46 valence electrons. The zero-order chi connectivity index (χ0) is 5.98. The lowest BCUT2D eigenvalue weighted by Gasteiger charge is -2.09. The molecule has 0 radical (unpaired) electrons. The van der Waals surface area contributed by atoms with Gasteiger partial charge in [0, 0.05) is 0 Å². The summed E-state index contributed by atoms with van der Waals surface area (Å²) in [5.74, 6) is 0.546. The number of rotatable bonds is 0. The molecule has 0 bridgehead atoms. The van der Waals surface area contributed by atoms with E-state index in [9.17, 15) is 4.21 Å². The molecule has 1 aliphatic rings. The lowest BCUT2D eigenvalue weighted by Crippen LogP contribution is -2.13. The first-order valence-electron chi connectivity index (χ1n) is 2.51. The summed E-state index contributed by atoms with van der Waals surface area (Å²) in [6, 6.07) is 0. The van der Waals surface area contributed by atoms with E-state index >= 15 is 0 Å². The minimum absolute atomic E-state index is 0.0320. The second-order valence-corrected chi connectivity index (χ2v) is 2.83. The molecule has 0 saturated carbocycles. The molecule has 0 aromatic carbocycles. The highest BCUT2D eigenvalue weighted by Crippen LogP contribution is 2.03. The van der Waals surface area contributed by atoms with Crippen molar-refractivity contribution < 1.29 is 8.39 Å². The zero-order valence-corrected chi connectivity index (χ0v) is 5.48. The summed E-state index contributed by atoms with van der Waals surface area (Å²) in [5.41, 5.74) is 0. The minimum atomic E-state index is -1.06. The first kappa shape index (κ1) is 5.98. The largest absolute Gasteiger partial charge is 0.283 e. The van der Waals surface area contributed by atoms with E-state index in [0.29, 0.717) is 5.75 Å². The average molecular weight is 132 g/mol. The van der Waals surface area contributed by atoms with E-state index in [4.69, 9.17) is 4.18 Å². The number of hydrogen-bond acceptors (Lipinski definition) is 2. The summed E-state index contributed by atoms with van der Waals surface area (Å²) in [7, 11) is 0. The normalized spacial score (nSPS) is 37.6. The van der Waals surface area contributed by atoms with Gasteiger partial charge in [-0.25, -0.2) is 4.21 Å². The molecule has 0 amide bonds. The van der Waals surface area contributed by atoms with Crippen LogP contribution in [0.3, 0.4) is 0 Å². The molecular weight excluding hydrogens is 124 g/mol. The Morgan fingerprint density at radius 3 is 3.00 bits per heavy atom. The average Bonchev–Trinajstić information content (AvgIpc) is 1.64. The van der Waals surface area contributed by atoms with Gasteiger partial charge in [0.1, 0.15) is 0 Å². The van der Waals surface area contributed by atoms with Crippen LogP contribution in [-0.2, 0) is 15.3 Å². The fraction of sp³-hybridized carbons (Fsp3) is 0.600. The van der Waals surface area contributed by atoms with Crippen molar-refractivity contribution in [3.8, 4) is 0 Å². The smallest absolute Gasteiger partial charge is 0.159 e. The molecule has 0 fully saturated rings. The molecule has 8 heavy (non-hydrogen) atoms. The molecule has 0 aromatic heterocycles. The van der Waals surface area contributed by atoms with Gasteiger partial charge in [0.2, 0.25) is 0 Å². The van der Waals surface area contributed by atoms with Crippen molar-refractivity contribution in [2.24, 2.45) is 0 Å². The zero-order valence-electron chi connectivity index (χ0n) is 4.66. The molecule has 0 aliphatic carbocycles. The summed E-state index contributed by atoms with van der Waals surface area (Å²) in [6.45, 7) is 1.87. The van der Waals surface area contributed by atoms with Crippen LogP contribution in [0.2, 0.25) is 0 Å². The molecule has 0 saturated heterocycles. The highest BCUT2D eigenvalue weighted by Gasteiger charge is 2.07. The van der Waals surface area contributed by atoms with Crippen molar-refractivity contribution in [1.82, 2.24) is 0 Å². The maximum absolute atomic E-state index is 10.5. The predicted octanol–water partition coefficient (Wildman–Crippen LogP) is 0.625. The summed E-state index contributed by atoms with van der Waals surface area (Å²) in [5, 5.41) is 0. The van der Waals surface area contributed by atoms with Crippen molar-refractivity contribution in [3.05, 3.63) is 12.2 Å². The monoisotopic (exact) mass is 132 g/mol. The lowest BCUT2D eigenvalue weighted by molar-refractivity contribution is 0.295. The fourth-order valence-corrected chi connectivity index (χ4v) is 1.32. The minimum Gasteiger partial charge on any atom is -0.283 e. The SMILES string of the molecule is C[C@@H]1C=CCS(=O)O1. The Kier molecular flexibility index (Phi) is 1.81. The van der Waals surface area contributed by atoms with Gasteiger partial charge >= 0.3 is 0 Å². The van der Waals surface area contributed by atoms with E-state index in [2.05, 4.69) is 0 Å². The van der Waals surface area contributed by atoms with Crippen molar-refractivity contribution >= 4 is 11.1 Å². The quantitative estimate of drug-likeness (QED) is 0.452. The predicted molar refractivity (Wildman–Crippen MR) is 32.7 cm³/mol. The van der Waals surface area contributed by atoms with Crippen LogP contribution in [0, 0.1) is 0 Å². The van der Waals surface area contributed by atoms with E-state index < -0.39 is 11.1 Å². The van der Waals surface area contributed by atoms with Gasteiger partial charge in [-0.05, 0) is 6.92 Å². The van der Waals surface area contributed by atoms with Crippen molar-refractivity contribution in [1.29, 1.82) is 0 Å². The van der Waals surface area contributed by atoms with E-state index in [0.717, 1.165) is 0 Å². The molecule has 0 spiro atoms. The second-order valence-electron chi connectivity index (χ2n) is 1.70. The first-order chi connectivity index (χ1) is 3.79. The Labute approximate surface area is 51.2 Å². The molecule has 2 nitrogen and oxygen atoms in total. The van der Waals surface area contributed by atoms with Crippen LogP contribution in [0.25, 0.3) is 0 Å². The van der Waals surface area contributed by atoms with Gasteiger partial charge in [0.05, 0.1) is 11.9 Å². The van der Waals surface area contributed by atoms with E-state index in [1.807, 2.05) is 19.1 Å². The Balaban J connectivity index is 2.54. The Bertz CT molecular complexity index is 130. The molecule has 0 N–H and O–H groups in total. The topological polar surface area (TPSA) is 26.3 Å². The molecule has 0 aromatic rings. The maximum atomic E-state index is 10.5. The van der Waals surface area contributed by atoms with Gasteiger partial charge < -0.3 is 0 Å². The van der Waals surface area contributed by atoms with Crippen LogP contribution in [0.5, 0.6) is 0 Å². The summed E-state index contributed by atoms with van der Waals surface area (Å²) in [6.07, 6.45) is 3.82. The van der Waals surface area contributed by atoms with E-state index in [1.165, 1.54) is 0 Å². The Morgan fingerprint density at radius 2 is 2.62 bits per heavy atom. The van der Waals surface area contributed by atoms with Crippen LogP contribution < -0.4 is 0 Å². The van der Waals surface area contributed by atoms with Crippen LogP contribution in [0.15, 0.2) is 12.2 Å². The van der Waals surface area contributed by atoms with Gasteiger partial charge in [-0.15, -0.1) is 0 Å². The van der Waals surface area contributed by atoms with Crippen LogP contribution in [0.1, 0.15) is 6.92 Å². The van der Waals surface area contributed by atoms with Crippen LogP contribution >= 0.6 is 0 Å². The highest BCUT2D eigenvalue weighted by atomic mass is 32.2. The molecule has 1 rings (SSSR count).